The standard InChI is InChI=1S/C13H8Cl2O2/c14-9-3-1-4-10(7-9)17-13-6-2-5-12(15)11(13)8-16/h1-8H. The molecule has 0 fully saturated rings. The number of halogens is 2. The quantitative estimate of drug-likeness (QED) is 0.760. The number of rotatable bonds is 3. The number of hydrogen-bond donors (Lipinski definition) is 0. The number of aldehydes is 1. The molecule has 0 N–H and O–H groups in total. The molecular formula is C13H8Cl2O2. The minimum Gasteiger partial charge on any atom is -0.457 e. The minimum atomic E-state index is 0.328. The third kappa shape index (κ3) is 2.78. The molecule has 0 saturated carbocycles. The maximum Gasteiger partial charge on any atom is 0.155 e. The SMILES string of the molecule is O=Cc1c(Cl)cccc1Oc1cccc(Cl)c1. The van der Waals surface area contributed by atoms with Gasteiger partial charge in [0.2, 0.25) is 0 Å². The molecule has 4 heteroatoms. The Morgan fingerprint density at radius 2 is 1.82 bits per heavy atom. The van der Waals surface area contributed by atoms with Gasteiger partial charge in [0.05, 0.1) is 10.6 Å². The van der Waals surface area contributed by atoms with Crippen molar-refractivity contribution in [2.24, 2.45) is 0 Å². The molecule has 0 unspecified atom stereocenters. The Morgan fingerprint density at radius 3 is 2.53 bits per heavy atom. The summed E-state index contributed by atoms with van der Waals surface area (Å²) in [5.74, 6) is 0.970. The van der Waals surface area contributed by atoms with Crippen LogP contribution in [0, 0.1) is 0 Å². The summed E-state index contributed by atoms with van der Waals surface area (Å²) in [7, 11) is 0. The van der Waals surface area contributed by atoms with E-state index in [1.54, 1.807) is 42.5 Å². The van der Waals surface area contributed by atoms with E-state index in [4.69, 9.17) is 27.9 Å². The van der Waals surface area contributed by atoms with Gasteiger partial charge in [-0.2, -0.15) is 0 Å². The Balaban J connectivity index is 2.36. The number of benzene rings is 2. The highest BCUT2D eigenvalue weighted by Crippen LogP contribution is 2.29. The first-order valence-corrected chi connectivity index (χ1v) is 5.63. The summed E-state index contributed by atoms with van der Waals surface area (Å²) in [6, 6.07) is 12.0. The summed E-state index contributed by atoms with van der Waals surface area (Å²) in [5, 5.41) is 0.928. The summed E-state index contributed by atoms with van der Waals surface area (Å²) in [4.78, 5) is 10.9. The van der Waals surface area contributed by atoms with Crippen LogP contribution in [-0.2, 0) is 0 Å². The van der Waals surface area contributed by atoms with Crippen LogP contribution in [0.2, 0.25) is 10.0 Å². The van der Waals surface area contributed by atoms with Gasteiger partial charge in [0.25, 0.3) is 0 Å². The van der Waals surface area contributed by atoms with Gasteiger partial charge >= 0.3 is 0 Å². The van der Waals surface area contributed by atoms with Crippen molar-refractivity contribution < 1.29 is 9.53 Å². The highest BCUT2D eigenvalue weighted by molar-refractivity contribution is 6.33. The summed E-state index contributed by atoms with van der Waals surface area (Å²) < 4.78 is 5.56. The molecule has 2 aromatic carbocycles. The number of carbonyl (C=O) groups is 1. The lowest BCUT2D eigenvalue weighted by Crippen LogP contribution is -1.91. The van der Waals surface area contributed by atoms with E-state index < -0.39 is 0 Å². The van der Waals surface area contributed by atoms with E-state index in [0.29, 0.717) is 33.4 Å². The fourth-order valence-corrected chi connectivity index (χ4v) is 1.77. The van der Waals surface area contributed by atoms with E-state index in [9.17, 15) is 4.79 Å². The lowest BCUT2D eigenvalue weighted by molar-refractivity contribution is 0.112. The molecule has 0 bridgehead atoms. The Bertz CT molecular complexity index is 553. The first kappa shape index (κ1) is 12.0. The molecule has 0 saturated heterocycles. The van der Waals surface area contributed by atoms with E-state index in [2.05, 4.69) is 0 Å². The van der Waals surface area contributed by atoms with Crippen LogP contribution in [0.25, 0.3) is 0 Å². The third-order valence-corrected chi connectivity index (χ3v) is 2.72. The van der Waals surface area contributed by atoms with Crippen molar-refractivity contribution in [1.29, 1.82) is 0 Å². The van der Waals surface area contributed by atoms with Gasteiger partial charge in [-0.05, 0) is 30.3 Å². The van der Waals surface area contributed by atoms with Crippen LogP contribution in [0.3, 0.4) is 0 Å². The molecule has 0 aliphatic rings. The molecule has 2 aromatic rings. The Labute approximate surface area is 109 Å². The molecular weight excluding hydrogens is 259 g/mol. The molecule has 2 rings (SSSR count). The van der Waals surface area contributed by atoms with Crippen LogP contribution in [0.4, 0.5) is 0 Å². The second-order valence-electron chi connectivity index (χ2n) is 3.33. The number of hydrogen-bond acceptors (Lipinski definition) is 2. The molecule has 17 heavy (non-hydrogen) atoms. The fraction of sp³-hybridized carbons (Fsp3) is 0. The fourth-order valence-electron chi connectivity index (χ4n) is 1.38. The average Bonchev–Trinajstić information content (AvgIpc) is 2.29. The van der Waals surface area contributed by atoms with Crippen molar-refractivity contribution in [2.45, 2.75) is 0 Å². The molecule has 0 radical (unpaired) electrons. The predicted octanol–water partition coefficient (Wildman–Crippen LogP) is 4.60. The first-order chi connectivity index (χ1) is 8.20. The maximum absolute atomic E-state index is 10.9. The van der Waals surface area contributed by atoms with Crippen molar-refractivity contribution in [3.63, 3.8) is 0 Å². The third-order valence-electron chi connectivity index (χ3n) is 2.15. The van der Waals surface area contributed by atoms with Crippen LogP contribution < -0.4 is 4.74 Å². The van der Waals surface area contributed by atoms with Crippen LogP contribution in [0.1, 0.15) is 10.4 Å². The molecule has 2 nitrogen and oxygen atoms in total. The van der Waals surface area contributed by atoms with Crippen LogP contribution in [0.15, 0.2) is 42.5 Å². The van der Waals surface area contributed by atoms with Crippen molar-refractivity contribution in [3.05, 3.63) is 58.1 Å². The van der Waals surface area contributed by atoms with Crippen LogP contribution in [0.5, 0.6) is 11.5 Å². The molecule has 0 heterocycles. The van der Waals surface area contributed by atoms with Gasteiger partial charge in [0, 0.05) is 5.02 Å². The van der Waals surface area contributed by atoms with E-state index in [1.165, 1.54) is 0 Å². The zero-order valence-electron chi connectivity index (χ0n) is 8.69. The second-order valence-corrected chi connectivity index (χ2v) is 4.17. The van der Waals surface area contributed by atoms with Crippen molar-refractivity contribution in [3.8, 4) is 11.5 Å². The maximum atomic E-state index is 10.9. The molecule has 0 aliphatic carbocycles. The topological polar surface area (TPSA) is 26.3 Å². The zero-order valence-corrected chi connectivity index (χ0v) is 10.2. The molecule has 0 spiro atoms. The Morgan fingerprint density at radius 1 is 1.06 bits per heavy atom. The van der Waals surface area contributed by atoms with E-state index >= 15 is 0 Å². The molecule has 0 aliphatic heterocycles. The van der Waals surface area contributed by atoms with Crippen molar-refractivity contribution in [1.82, 2.24) is 0 Å². The Hall–Kier alpha value is -1.51. The molecule has 0 aromatic heterocycles. The zero-order chi connectivity index (χ0) is 12.3. The summed E-state index contributed by atoms with van der Waals surface area (Å²) in [5.41, 5.74) is 0.328. The lowest BCUT2D eigenvalue weighted by atomic mass is 10.2. The van der Waals surface area contributed by atoms with Gasteiger partial charge < -0.3 is 4.74 Å². The first-order valence-electron chi connectivity index (χ1n) is 4.88. The van der Waals surface area contributed by atoms with Gasteiger partial charge in [0.1, 0.15) is 11.5 Å². The summed E-state index contributed by atoms with van der Waals surface area (Å²) in [6.07, 6.45) is 0.669. The molecule has 86 valence electrons. The second kappa shape index (κ2) is 5.21. The average molecular weight is 267 g/mol. The molecule has 0 amide bonds. The van der Waals surface area contributed by atoms with Crippen LogP contribution >= 0.6 is 23.2 Å². The normalized spacial score (nSPS) is 10.0. The smallest absolute Gasteiger partial charge is 0.155 e. The highest BCUT2D eigenvalue weighted by atomic mass is 35.5. The van der Waals surface area contributed by atoms with Crippen molar-refractivity contribution in [2.75, 3.05) is 0 Å². The van der Waals surface area contributed by atoms with Gasteiger partial charge in [0.15, 0.2) is 6.29 Å². The van der Waals surface area contributed by atoms with E-state index in [-0.39, 0.29) is 0 Å². The van der Waals surface area contributed by atoms with Gasteiger partial charge in [-0.25, -0.2) is 0 Å². The largest absolute Gasteiger partial charge is 0.457 e. The van der Waals surface area contributed by atoms with Gasteiger partial charge in [-0.1, -0.05) is 35.3 Å². The van der Waals surface area contributed by atoms with Crippen LogP contribution in [-0.4, -0.2) is 6.29 Å². The summed E-state index contributed by atoms with van der Waals surface area (Å²) in [6.45, 7) is 0. The number of ether oxygens (including phenoxy) is 1. The number of carbonyl (C=O) groups excluding carboxylic acids is 1. The Kier molecular flexibility index (Phi) is 3.67. The summed E-state index contributed by atoms with van der Waals surface area (Å²) >= 11 is 11.7. The van der Waals surface area contributed by atoms with Gasteiger partial charge in [-0.15, -0.1) is 0 Å². The lowest BCUT2D eigenvalue weighted by Gasteiger charge is -2.08. The monoisotopic (exact) mass is 266 g/mol. The molecule has 0 atom stereocenters. The van der Waals surface area contributed by atoms with Crippen molar-refractivity contribution >= 4 is 29.5 Å². The van der Waals surface area contributed by atoms with Gasteiger partial charge in [-0.3, -0.25) is 4.79 Å². The minimum absolute atomic E-state index is 0.328. The predicted molar refractivity (Wildman–Crippen MR) is 68.4 cm³/mol. The van der Waals surface area contributed by atoms with E-state index in [0.717, 1.165) is 0 Å². The van der Waals surface area contributed by atoms with E-state index in [1.807, 2.05) is 0 Å². The highest BCUT2D eigenvalue weighted by Gasteiger charge is 2.08.